The average molecular weight is 583 g/mol. The van der Waals surface area contributed by atoms with Gasteiger partial charge >= 0.3 is 11.9 Å². The lowest BCUT2D eigenvalue weighted by atomic mass is 9.43. The molecule has 4 aliphatic carbocycles. The normalized spacial score (nSPS) is 50.3. The summed E-state index contributed by atoms with van der Waals surface area (Å²) < 4.78 is 11.5. The maximum Gasteiger partial charge on any atom is 0.335 e. The number of aliphatic hydroxyl groups is 4. The van der Waals surface area contributed by atoms with E-state index >= 15 is 0 Å². The minimum Gasteiger partial charge on any atom is -0.481 e. The third-order valence-electron chi connectivity index (χ3n) is 12.7. The van der Waals surface area contributed by atoms with Gasteiger partial charge in [-0.3, -0.25) is 4.79 Å². The number of aliphatic carboxylic acids is 2. The van der Waals surface area contributed by atoms with E-state index in [1.807, 2.05) is 0 Å². The van der Waals surface area contributed by atoms with Crippen molar-refractivity contribution in [3.05, 3.63) is 0 Å². The van der Waals surface area contributed by atoms with E-state index < -0.39 is 42.6 Å². The first-order valence-electron chi connectivity index (χ1n) is 15.8. The lowest BCUT2D eigenvalue weighted by molar-refractivity contribution is -0.310. The lowest BCUT2D eigenvalue weighted by Crippen LogP contribution is -2.61. The van der Waals surface area contributed by atoms with Gasteiger partial charge in [-0.05, 0) is 111 Å². The van der Waals surface area contributed by atoms with Crippen LogP contribution in [-0.2, 0) is 19.1 Å². The molecule has 5 rings (SSSR count). The van der Waals surface area contributed by atoms with Crippen molar-refractivity contribution >= 4 is 11.9 Å². The number of carboxylic acid groups (broad SMARTS) is 2. The largest absolute Gasteiger partial charge is 0.481 e. The molecule has 4 saturated carbocycles. The topological polar surface area (TPSA) is 174 Å². The monoisotopic (exact) mass is 582 g/mol. The molecule has 10 heteroatoms. The zero-order valence-electron chi connectivity index (χ0n) is 24.6. The van der Waals surface area contributed by atoms with E-state index in [0.29, 0.717) is 48.3 Å². The number of fused-ring (bicyclic) bond motifs is 5. The van der Waals surface area contributed by atoms with Gasteiger partial charge in [0, 0.05) is 6.42 Å². The molecule has 5 fully saturated rings. The van der Waals surface area contributed by atoms with Crippen LogP contribution in [0.25, 0.3) is 0 Å². The highest BCUT2D eigenvalue weighted by molar-refractivity contribution is 5.73. The Labute approximate surface area is 242 Å². The van der Waals surface area contributed by atoms with Gasteiger partial charge in [0.1, 0.15) is 18.3 Å². The number of ether oxygens (including phenoxy) is 2. The highest BCUT2D eigenvalue weighted by Gasteiger charge is 2.64. The Morgan fingerprint density at radius 3 is 2.34 bits per heavy atom. The van der Waals surface area contributed by atoms with Crippen LogP contribution in [0.5, 0.6) is 0 Å². The number of rotatable bonds is 8. The first kappa shape index (κ1) is 31.1. The van der Waals surface area contributed by atoms with Crippen LogP contribution in [0.2, 0.25) is 0 Å². The molecule has 6 N–H and O–H groups in total. The van der Waals surface area contributed by atoms with E-state index in [1.54, 1.807) is 0 Å². The quantitative estimate of drug-likeness (QED) is 0.234. The van der Waals surface area contributed by atoms with E-state index in [2.05, 4.69) is 20.8 Å². The van der Waals surface area contributed by atoms with E-state index in [0.717, 1.165) is 51.4 Å². The number of aliphatic hydroxyl groups excluding tert-OH is 4. The molecule has 234 valence electrons. The molecule has 1 heterocycles. The van der Waals surface area contributed by atoms with Crippen molar-refractivity contribution in [1.82, 2.24) is 0 Å². The van der Waals surface area contributed by atoms with Crippen molar-refractivity contribution in [2.24, 2.45) is 46.3 Å². The van der Waals surface area contributed by atoms with E-state index in [4.69, 9.17) is 14.6 Å². The molecule has 0 bridgehead atoms. The van der Waals surface area contributed by atoms with Crippen molar-refractivity contribution < 1.29 is 49.7 Å². The van der Waals surface area contributed by atoms with Crippen molar-refractivity contribution in [2.45, 2.75) is 134 Å². The second kappa shape index (κ2) is 11.7. The molecule has 15 atom stereocenters. The molecule has 0 spiro atoms. The van der Waals surface area contributed by atoms with Gasteiger partial charge < -0.3 is 40.1 Å². The first-order valence-corrected chi connectivity index (χ1v) is 15.8. The second-order valence-electron chi connectivity index (χ2n) is 14.5. The predicted molar refractivity (Wildman–Crippen MR) is 146 cm³/mol. The molecule has 0 unspecified atom stereocenters. The molecule has 0 aromatic rings. The maximum atomic E-state index is 11.8. The number of hydrogen-bond donors (Lipinski definition) is 6. The van der Waals surface area contributed by atoms with Gasteiger partial charge in [0.15, 0.2) is 12.4 Å². The lowest BCUT2D eigenvalue weighted by Gasteiger charge is -2.62. The van der Waals surface area contributed by atoms with Crippen LogP contribution in [0, 0.1) is 46.3 Å². The van der Waals surface area contributed by atoms with Crippen LogP contribution < -0.4 is 0 Å². The molecule has 0 radical (unpaired) electrons. The molecule has 10 nitrogen and oxygen atoms in total. The Bertz CT molecular complexity index is 975. The Balaban J connectivity index is 1.25. The summed E-state index contributed by atoms with van der Waals surface area (Å²) in [5.74, 6) is 0.389. The standard InChI is InChI=1S/C31H50O10/c1-15(5-4-6-23(33)34)19-9-10-20-18-8-7-16-13-17(11-12-30(16,2)21(18)14-22(32)31(19,20)3)40-29-26(37)24(35)25(36)27(41-29)28(38)39/h15-22,24-27,29,32,35-37H,4-14H2,1-3H3,(H,33,34)(H,38,39)/t15-,16-,17-,18+,19-,20+,21+,22+,24+,25+,26-,27+,29-,30+,31-/m1/s1. The van der Waals surface area contributed by atoms with Crippen LogP contribution in [-0.4, -0.2) is 85.5 Å². The SMILES string of the molecule is C[C@H](CCCC(=O)O)[C@H]1CC[C@H]2[C@@H]3CC[C@@H]4C[C@H](O[C@@H]5O[C@H](C(=O)O)[C@@H](O)[C@H](O)[C@H]5O)CC[C@]4(C)[C@H]3C[C@H](O)[C@]12C. The van der Waals surface area contributed by atoms with Crippen LogP contribution >= 0.6 is 0 Å². The third-order valence-corrected chi connectivity index (χ3v) is 12.7. The highest BCUT2D eigenvalue weighted by Crippen LogP contribution is 2.68. The molecule has 0 amide bonds. The van der Waals surface area contributed by atoms with Gasteiger partial charge in [0.25, 0.3) is 0 Å². The van der Waals surface area contributed by atoms with Crippen LogP contribution in [0.1, 0.15) is 91.4 Å². The fourth-order valence-corrected chi connectivity index (χ4v) is 10.4. The van der Waals surface area contributed by atoms with Crippen LogP contribution in [0.15, 0.2) is 0 Å². The molecule has 0 aromatic carbocycles. The molecule has 5 aliphatic rings. The summed E-state index contributed by atoms with van der Waals surface area (Å²) >= 11 is 0. The summed E-state index contributed by atoms with van der Waals surface area (Å²) in [7, 11) is 0. The molecule has 41 heavy (non-hydrogen) atoms. The minimum atomic E-state index is -1.74. The Kier molecular flexibility index (Phi) is 8.85. The number of carboxylic acids is 2. The van der Waals surface area contributed by atoms with Gasteiger partial charge in [-0.25, -0.2) is 4.79 Å². The van der Waals surface area contributed by atoms with Crippen LogP contribution in [0.3, 0.4) is 0 Å². The van der Waals surface area contributed by atoms with Crippen molar-refractivity contribution in [3.8, 4) is 0 Å². The van der Waals surface area contributed by atoms with Gasteiger partial charge in [-0.1, -0.05) is 20.8 Å². The molecule has 0 aromatic heterocycles. The smallest absolute Gasteiger partial charge is 0.335 e. The summed E-state index contributed by atoms with van der Waals surface area (Å²) in [6.07, 6.45) is 0.625. The Morgan fingerprint density at radius 2 is 1.66 bits per heavy atom. The summed E-state index contributed by atoms with van der Waals surface area (Å²) in [5.41, 5.74) is -0.102. The number of carbonyl (C=O) groups is 2. The van der Waals surface area contributed by atoms with Crippen molar-refractivity contribution in [2.75, 3.05) is 0 Å². The van der Waals surface area contributed by atoms with Gasteiger partial charge in [-0.2, -0.15) is 0 Å². The zero-order valence-corrected chi connectivity index (χ0v) is 24.6. The molecule has 1 aliphatic heterocycles. The maximum absolute atomic E-state index is 11.8. The van der Waals surface area contributed by atoms with Gasteiger partial charge in [-0.15, -0.1) is 0 Å². The van der Waals surface area contributed by atoms with Crippen molar-refractivity contribution in [3.63, 3.8) is 0 Å². The van der Waals surface area contributed by atoms with E-state index in [-0.39, 0.29) is 29.5 Å². The molecular formula is C31H50O10. The Morgan fingerprint density at radius 1 is 0.927 bits per heavy atom. The fourth-order valence-electron chi connectivity index (χ4n) is 10.4. The molecular weight excluding hydrogens is 532 g/mol. The van der Waals surface area contributed by atoms with Crippen molar-refractivity contribution in [1.29, 1.82) is 0 Å². The first-order chi connectivity index (χ1) is 19.3. The van der Waals surface area contributed by atoms with E-state index in [9.17, 15) is 35.1 Å². The van der Waals surface area contributed by atoms with Gasteiger partial charge in [0.2, 0.25) is 0 Å². The zero-order chi connectivity index (χ0) is 29.9. The molecule has 1 saturated heterocycles. The predicted octanol–water partition coefficient (Wildman–Crippen LogP) is 2.78. The average Bonchev–Trinajstić information content (AvgIpc) is 3.28. The highest BCUT2D eigenvalue weighted by atomic mass is 16.7. The summed E-state index contributed by atoms with van der Waals surface area (Å²) in [6.45, 7) is 6.91. The number of hydrogen-bond acceptors (Lipinski definition) is 8. The summed E-state index contributed by atoms with van der Waals surface area (Å²) in [6, 6.07) is 0. The second-order valence-corrected chi connectivity index (χ2v) is 14.5. The summed E-state index contributed by atoms with van der Waals surface area (Å²) in [5, 5.41) is 60.8. The summed E-state index contributed by atoms with van der Waals surface area (Å²) in [4.78, 5) is 22.5. The van der Waals surface area contributed by atoms with Gasteiger partial charge in [0.05, 0.1) is 12.2 Å². The minimum absolute atomic E-state index is 0.0433. The van der Waals surface area contributed by atoms with E-state index in [1.165, 1.54) is 0 Å². The third kappa shape index (κ3) is 5.35. The van der Waals surface area contributed by atoms with Crippen LogP contribution in [0.4, 0.5) is 0 Å². The Hall–Kier alpha value is -1.30. The fraction of sp³-hybridized carbons (Fsp3) is 0.935.